The molecule has 5 nitrogen and oxygen atoms in total. The molecule has 0 saturated carbocycles. The van der Waals surface area contributed by atoms with Crippen LogP contribution >= 0.6 is 0 Å². The first-order valence-electron chi connectivity index (χ1n) is 5.10. The molecule has 1 aromatic heterocycles. The highest BCUT2D eigenvalue weighted by Crippen LogP contribution is 2.18. The van der Waals surface area contributed by atoms with E-state index < -0.39 is 6.08 Å². The van der Waals surface area contributed by atoms with Crippen molar-refractivity contribution in [3.05, 3.63) is 42.2 Å². The Hall–Kier alpha value is -2.08. The van der Waals surface area contributed by atoms with Crippen molar-refractivity contribution in [2.75, 3.05) is 11.9 Å². The predicted molar refractivity (Wildman–Crippen MR) is 60.3 cm³/mol. The number of hydrogen-bond acceptors (Lipinski definition) is 5. The van der Waals surface area contributed by atoms with E-state index in [4.69, 9.17) is 5.11 Å². The van der Waals surface area contributed by atoms with Gasteiger partial charge in [-0.2, -0.15) is 14.4 Å². The minimum atomic E-state index is -0.831. The first kappa shape index (κ1) is 11.4. The minimum Gasteiger partial charge on any atom is -0.396 e. The Bertz CT molecular complexity index is 506. The number of halogens is 1. The number of para-hydroxylation sites is 1. The Labute approximate surface area is 97.4 Å². The summed E-state index contributed by atoms with van der Waals surface area (Å²) in [5.74, 6) is 0.142. The van der Waals surface area contributed by atoms with Gasteiger partial charge in [0.2, 0.25) is 5.95 Å². The van der Waals surface area contributed by atoms with Gasteiger partial charge in [-0.3, -0.25) is 0 Å². The summed E-state index contributed by atoms with van der Waals surface area (Å²) in [7, 11) is 0. The van der Waals surface area contributed by atoms with Gasteiger partial charge in [0.15, 0.2) is 0 Å². The zero-order valence-electron chi connectivity index (χ0n) is 8.97. The molecule has 1 heterocycles. The van der Waals surface area contributed by atoms with Crippen LogP contribution in [0, 0.1) is 6.08 Å². The summed E-state index contributed by atoms with van der Waals surface area (Å²) in [5.41, 5.74) is 1.66. The Balaban J connectivity index is 2.23. The van der Waals surface area contributed by atoms with Crippen LogP contribution in [0.5, 0.6) is 0 Å². The molecule has 1 aromatic carbocycles. The van der Waals surface area contributed by atoms with E-state index in [2.05, 4.69) is 20.3 Å². The Morgan fingerprint density at radius 1 is 1.24 bits per heavy atom. The van der Waals surface area contributed by atoms with Crippen LogP contribution in [0.15, 0.2) is 30.6 Å². The number of anilines is 2. The third-order valence-electron chi connectivity index (χ3n) is 2.19. The fourth-order valence-corrected chi connectivity index (χ4v) is 1.44. The van der Waals surface area contributed by atoms with Crippen LogP contribution in [0.4, 0.5) is 16.0 Å². The van der Waals surface area contributed by atoms with Crippen molar-refractivity contribution in [1.29, 1.82) is 0 Å². The third kappa shape index (κ3) is 2.94. The number of nitrogens with zero attached hydrogens (tertiary/aromatic N) is 3. The molecule has 2 rings (SSSR count). The average molecular weight is 234 g/mol. The molecule has 88 valence electrons. The van der Waals surface area contributed by atoms with Crippen molar-refractivity contribution in [2.45, 2.75) is 6.42 Å². The van der Waals surface area contributed by atoms with Gasteiger partial charge in [-0.25, -0.2) is 4.98 Å². The molecule has 6 heteroatoms. The maximum absolute atomic E-state index is 12.8. The first-order valence-corrected chi connectivity index (χ1v) is 5.10. The molecule has 0 radical (unpaired) electrons. The lowest BCUT2D eigenvalue weighted by molar-refractivity contribution is 0.300. The molecule has 0 amide bonds. The molecular formula is C11H11FN4O. The number of hydrogen-bond donors (Lipinski definition) is 2. The number of aliphatic hydroxyl groups is 1. The van der Waals surface area contributed by atoms with Gasteiger partial charge in [-0.05, 0) is 18.1 Å². The summed E-state index contributed by atoms with van der Waals surface area (Å²) in [4.78, 5) is 10.6. The van der Waals surface area contributed by atoms with Crippen molar-refractivity contribution >= 4 is 11.6 Å². The fraction of sp³-hybridized carbons (Fsp3) is 0.182. The molecule has 0 aliphatic rings. The first-order chi connectivity index (χ1) is 8.29. The van der Waals surface area contributed by atoms with Gasteiger partial charge in [0, 0.05) is 12.3 Å². The second kappa shape index (κ2) is 5.31. The third-order valence-corrected chi connectivity index (χ3v) is 2.19. The van der Waals surface area contributed by atoms with Gasteiger partial charge in [0.05, 0.1) is 0 Å². The molecule has 2 N–H and O–H groups in total. The summed E-state index contributed by atoms with van der Waals surface area (Å²) in [6.45, 7) is 0.0459. The Kier molecular flexibility index (Phi) is 3.56. The highest BCUT2D eigenvalue weighted by Gasteiger charge is 2.04. The lowest BCUT2D eigenvalue weighted by Crippen LogP contribution is -2.03. The highest BCUT2D eigenvalue weighted by molar-refractivity contribution is 5.58. The Morgan fingerprint density at radius 3 is 2.82 bits per heavy atom. The van der Waals surface area contributed by atoms with Gasteiger partial charge in [-0.15, -0.1) is 0 Å². The van der Waals surface area contributed by atoms with Gasteiger partial charge in [0.25, 0.3) is 0 Å². The number of nitrogens with one attached hydrogen (secondary N) is 1. The number of aromatic nitrogens is 3. The van der Waals surface area contributed by atoms with E-state index in [0.29, 0.717) is 6.42 Å². The summed E-state index contributed by atoms with van der Waals surface area (Å²) in [5, 5.41) is 11.8. The van der Waals surface area contributed by atoms with E-state index in [1.807, 2.05) is 24.3 Å². The van der Waals surface area contributed by atoms with Crippen LogP contribution < -0.4 is 5.32 Å². The number of aliphatic hydroxyl groups excluding tert-OH is 1. The van der Waals surface area contributed by atoms with E-state index in [1.165, 1.54) is 0 Å². The van der Waals surface area contributed by atoms with Crippen molar-refractivity contribution < 1.29 is 9.50 Å². The SMILES string of the molecule is OCCc1ccccc1Nc1ncnc(F)n1. The standard InChI is InChI=1S/C11H11FN4O/c12-10-13-7-14-11(16-10)15-9-4-2-1-3-8(9)5-6-17/h1-4,7,17H,5-6H2,(H,13,14,15,16). The molecule has 0 atom stereocenters. The number of benzene rings is 1. The largest absolute Gasteiger partial charge is 0.396 e. The second-order valence-electron chi connectivity index (χ2n) is 3.33. The topological polar surface area (TPSA) is 70.9 Å². The maximum atomic E-state index is 12.8. The summed E-state index contributed by atoms with van der Waals surface area (Å²) in [6, 6.07) is 7.38. The number of rotatable bonds is 4. The summed E-state index contributed by atoms with van der Waals surface area (Å²) >= 11 is 0. The van der Waals surface area contributed by atoms with Gasteiger partial charge >= 0.3 is 6.08 Å². The van der Waals surface area contributed by atoms with Gasteiger partial charge in [-0.1, -0.05) is 18.2 Å². The van der Waals surface area contributed by atoms with E-state index in [-0.39, 0.29) is 12.6 Å². The van der Waals surface area contributed by atoms with Crippen LogP contribution in [0.3, 0.4) is 0 Å². The van der Waals surface area contributed by atoms with Crippen molar-refractivity contribution in [3.63, 3.8) is 0 Å². The molecule has 0 unspecified atom stereocenters. The van der Waals surface area contributed by atoms with E-state index in [0.717, 1.165) is 17.6 Å². The molecule has 0 aliphatic heterocycles. The molecule has 0 aliphatic carbocycles. The van der Waals surface area contributed by atoms with Crippen LogP contribution in [0.25, 0.3) is 0 Å². The van der Waals surface area contributed by atoms with E-state index in [9.17, 15) is 4.39 Å². The monoisotopic (exact) mass is 234 g/mol. The maximum Gasteiger partial charge on any atom is 0.313 e. The highest BCUT2D eigenvalue weighted by atomic mass is 19.1. The summed E-state index contributed by atoms with van der Waals surface area (Å²) < 4.78 is 12.8. The van der Waals surface area contributed by atoms with Gasteiger partial charge < -0.3 is 10.4 Å². The second-order valence-corrected chi connectivity index (χ2v) is 3.33. The van der Waals surface area contributed by atoms with Crippen LogP contribution in [-0.2, 0) is 6.42 Å². The summed E-state index contributed by atoms with van der Waals surface area (Å²) in [6.07, 6.45) is 0.776. The molecule has 0 bridgehead atoms. The van der Waals surface area contributed by atoms with Crippen molar-refractivity contribution in [3.8, 4) is 0 Å². The van der Waals surface area contributed by atoms with Crippen molar-refractivity contribution in [2.24, 2.45) is 0 Å². The normalized spacial score (nSPS) is 10.2. The van der Waals surface area contributed by atoms with Crippen LogP contribution in [-0.4, -0.2) is 26.7 Å². The molecule has 17 heavy (non-hydrogen) atoms. The van der Waals surface area contributed by atoms with E-state index in [1.54, 1.807) is 0 Å². The van der Waals surface area contributed by atoms with Crippen LogP contribution in [0.2, 0.25) is 0 Å². The van der Waals surface area contributed by atoms with Crippen LogP contribution in [0.1, 0.15) is 5.56 Å². The van der Waals surface area contributed by atoms with Gasteiger partial charge in [0.1, 0.15) is 6.33 Å². The fourth-order valence-electron chi connectivity index (χ4n) is 1.44. The quantitative estimate of drug-likeness (QED) is 0.834. The lowest BCUT2D eigenvalue weighted by atomic mass is 10.1. The molecule has 0 fully saturated rings. The molecular weight excluding hydrogens is 223 g/mol. The lowest BCUT2D eigenvalue weighted by Gasteiger charge is -2.09. The average Bonchev–Trinajstić information content (AvgIpc) is 2.32. The van der Waals surface area contributed by atoms with Crippen molar-refractivity contribution in [1.82, 2.24) is 15.0 Å². The zero-order chi connectivity index (χ0) is 12.1. The Morgan fingerprint density at radius 2 is 2.06 bits per heavy atom. The predicted octanol–water partition coefficient (Wildman–Crippen LogP) is 1.29. The molecule has 0 saturated heterocycles. The molecule has 2 aromatic rings. The van der Waals surface area contributed by atoms with E-state index >= 15 is 0 Å². The molecule has 0 spiro atoms. The smallest absolute Gasteiger partial charge is 0.313 e. The zero-order valence-corrected chi connectivity index (χ0v) is 8.97. The minimum absolute atomic E-state index is 0.0459.